The summed E-state index contributed by atoms with van der Waals surface area (Å²) in [5.41, 5.74) is 1.47. The summed E-state index contributed by atoms with van der Waals surface area (Å²) >= 11 is 0. The molecule has 5 nitrogen and oxygen atoms in total. The van der Waals surface area contributed by atoms with Crippen molar-refractivity contribution in [2.75, 3.05) is 12.4 Å². The minimum Gasteiger partial charge on any atom is -0.469 e. The van der Waals surface area contributed by atoms with Gasteiger partial charge in [0.25, 0.3) is 11.7 Å². The highest BCUT2D eigenvalue weighted by atomic mass is 16.5. The smallest absolute Gasteiger partial charge is 0.309 e. The maximum absolute atomic E-state index is 11.6. The lowest BCUT2D eigenvalue weighted by Crippen LogP contribution is -2.12. The average Bonchev–Trinajstić information content (AvgIpc) is 2.66. The molecule has 2 rings (SSSR count). The molecule has 1 amide bonds. The Kier molecular flexibility index (Phi) is 3.23. The predicted molar refractivity (Wildman–Crippen MR) is 65.1 cm³/mol. The van der Waals surface area contributed by atoms with Crippen LogP contribution in [-0.4, -0.2) is 24.8 Å². The zero-order valence-electron chi connectivity index (χ0n) is 9.73. The lowest BCUT2D eigenvalue weighted by molar-refractivity contribution is -0.139. The Bertz CT molecular complexity index is 560. The summed E-state index contributed by atoms with van der Waals surface area (Å²) in [6, 6.07) is 5.11. The number of esters is 1. The SMILES string of the molecule is COC(=O)CC=Cc1cccc2c1C(=O)C(=O)N2. The molecule has 92 valence electrons. The fraction of sp³-hybridized carbons (Fsp3) is 0.154. The molecular formula is C13H11NO4. The van der Waals surface area contributed by atoms with Gasteiger partial charge in [-0.05, 0) is 11.6 Å². The van der Waals surface area contributed by atoms with Crippen molar-refractivity contribution in [2.24, 2.45) is 0 Å². The van der Waals surface area contributed by atoms with Crippen molar-refractivity contribution in [3.05, 3.63) is 35.4 Å². The molecule has 1 aliphatic rings. The minimum absolute atomic E-state index is 0.121. The number of benzene rings is 1. The Morgan fingerprint density at radius 2 is 2.17 bits per heavy atom. The Labute approximate surface area is 103 Å². The van der Waals surface area contributed by atoms with Gasteiger partial charge in [-0.3, -0.25) is 14.4 Å². The van der Waals surface area contributed by atoms with E-state index in [1.54, 1.807) is 30.4 Å². The number of methoxy groups -OCH3 is 1. The van der Waals surface area contributed by atoms with E-state index in [9.17, 15) is 14.4 Å². The van der Waals surface area contributed by atoms with Gasteiger partial charge >= 0.3 is 5.97 Å². The molecule has 0 saturated carbocycles. The van der Waals surface area contributed by atoms with Crippen LogP contribution in [-0.2, 0) is 14.3 Å². The van der Waals surface area contributed by atoms with Crippen molar-refractivity contribution in [3.63, 3.8) is 0 Å². The summed E-state index contributed by atoms with van der Waals surface area (Å²) in [4.78, 5) is 33.8. The van der Waals surface area contributed by atoms with Gasteiger partial charge < -0.3 is 10.1 Å². The molecule has 0 atom stereocenters. The maximum atomic E-state index is 11.6. The van der Waals surface area contributed by atoms with Gasteiger partial charge in [0.05, 0.1) is 24.8 Å². The number of rotatable bonds is 3. The van der Waals surface area contributed by atoms with Crippen LogP contribution < -0.4 is 5.32 Å². The number of fused-ring (bicyclic) bond motifs is 1. The second-order valence-corrected chi connectivity index (χ2v) is 3.74. The quantitative estimate of drug-likeness (QED) is 0.645. The molecule has 0 fully saturated rings. The Morgan fingerprint density at radius 1 is 1.39 bits per heavy atom. The lowest BCUT2D eigenvalue weighted by atomic mass is 10.0. The summed E-state index contributed by atoms with van der Waals surface area (Å²) in [6.07, 6.45) is 3.35. The summed E-state index contributed by atoms with van der Waals surface area (Å²) < 4.78 is 4.50. The van der Waals surface area contributed by atoms with Crippen LogP contribution in [0, 0.1) is 0 Å². The first-order valence-corrected chi connectivity index (χ1v) is 5.35. The number of ether oxygens (including phenoxy) is 1. The molecule has 1 aromatic carbocycles. The summed E-state index contributed by atoms with van der Waals surface area (Å²) in [6.45, 7) is 0. The van der Waals surface area contributed by atoms with E-state index in [1.165, 1.54) is 7.11 Å². The first kappa shape index (κ1) is 12.0. The Balaban J connectivity index is 2.26. The van der Waals surface area contributed by atoms with Crippen molar-refractivity contribution in [1.29, 1.82) is 0 Å². The van der Waals surface area contributed by atoms with Crippen molar-refractivity contribution in [2.45, 2.75) is 6.42 Å². The highest BCUT2D eigenvalue weighted by Gasteiger charge is 2.29. The molecule has 0 radical (unpaired) electrons. The minimum atomic E-state index is -0.626. The van der Waals surface area contributed by atoms with E-state index in [-0.39, 0.29) is 12.4 Å². The van der Waals surface area contributed by atoms with E-state index in [0.29, 0.717) is 16.8 Å². The standard InChI is InChI=1S/C13H11NO4/c1-18-10(15)7-3-5-8-4-2-6-9-11(8)12(16)13(17)14-9/h2-6H,7H2,1H3,(H,14,16,17). The fourth-order valence-corrected chi connectivity index (χ4v) is 1.72. The van der Waals surface area contributed by atoms with Gasteiger partial charge in [0.1, 0.15) is 0 Å². The van der Waals surface area contributed by atoms with Gasteiger partial charge in [-0.1, -0.05) is 24.3 Å². The van der Waals surface area contributed by atoms with E-state index in [0.717, 1.165) is 0 Å². The molecule has 0 aliphatic carbocycles. The van der Waals surface area contributed by atoms with Crippen LogP contribution in [0.5, 0.6) is 0 Å². The van der Waals surface area contributed by atoms with Crippen LogP contribution in [0.25, 0.3) is 6.08 Å². The summed E-state index contributed by atoms with van der Waals surface area (Å²) in [7, 11) is 1.31. The number of hydrogen-bond donors (Lipinski definition) is 1. The largest absolute Gasteiger partial charge is 0.469 e. The van der Waals surface area contributed by atoms with E-state index in [2.05, 4.69) is 10.1 Å². The van der Waals surface area contributed by atoms with E-state index in [4.69, 9.17) is 0 Å². The monoisotopic (exact) mass is 245 g/mol. The van der Waals surface area contributed by atoms with Crippen molar-refractivity contribution in [3.8, 4) is 0 Å². The van der Waals surface area contributed by atoms with Gasteiger partial charge in [-0.25, -0.2) is 0 Å². The molecule has 0 saturated heterocycles. The van der Waals surface area contributed by atoms with Crippen molar-refractivity contribution < 1.29 is 19.1 Å². The molecule has 0 spiro atoms. The zero-order valence-corrected chi connectivity index (χ0v) is 9.73. The number of Topliss-reactive ketones (excluding diaryl/α,β-unsaturated/α-hetero) is 1. The van der Waals surface area contributed by atoms with Crippen LogP contribution in [0.1, 0.15) is 22.3 Å². The zero-order chi connectivity index (χ0) is 13.1. The normalized spacial score (nSPS) is 13.6. The second kappa shape index (κ2) is 4.83. The number of nitrogens with one attached hydrogen (secondary N) is 1. The van der Waals surface area contributed by atoms with E-state index in [1.807, 2.05) is 0 Å². The fourth-order valence-electron chi connectivity index (χ4n) is 1.72. The number of hydrogen-bond acceptors (Lipinski definition) is 4. The van der Waals surface area contributed by atoms with E-state index >= 15 is 0 Å². The first-order chi connectivity index (χ1) is 8.63. The van der Waals surface area contributed by atoms with Crippen LogP contribution in [0.2, 0.25) is 0 Å². The van der Waals surface area contributed by atoms with Gasteiger partial charge in [-0.15, -0.1) is 0 Å². The number of ketones is 1. The van der Waals surface area contributed by atoms with Gasteiger partial charge in [0, 0.05) is 0 Å². The Hall–Kier alpha value is -2.43. The highest BCUT2D eigenvalue weighted by molar-refractivity contribution is 6.52. The average molecular weight is 245 g/mol. The molecule has 0 unspecified atom stereocenters. The molecule has 18 heavy (non-hydrogen) atoms. The van der Waals surface area contributed by atoms with Crippen LogP contribution in [0.3, 0.4) is 0 Å². The van der Waals surface area contributed by atoms with Gasteiger partial charge in [0.2, 0.25) is 0 Å². The molecule has 1 aromatic rings. The maximum Gasteiger partial charge on any atom is 0.309 e. The number of carbonyl (C=O) groups excluding carboxylic acids is 3. The third-order valence-corrected chi connectivity index (χ3v) is 2.59. The second-order valence-electron chi connectivity index (χ2n) is 3.74. The molecule has 1 N–H and O–H groups in total. The number of amides is 1. The van der Waals surface area contributed by atoms with E-state index < -0.39 is 11.7 Å². The van der Waals surface area contributed by atoms with Crippen LogP contribution in [0.4, 0.5) is 5.69 Å². The predicted octanol–water partition coefficient (Wildman–Crippen LogP) is 1.40. The molecule has 0 bridgehead atoms. The number of carbonyl (C=O) groups is 3. The molecule has 1 heterocycles. The number of anilines is 1. The highest BCUT2D eigenvalue weighted by Crippen LogP contribution is 2.27. The summed E-state index contributed by atoms with van der Waals surface area (Å²) in [5, 5.41) is 2.48. The van der Waals surface area contributed by atoms with Crippen LogP contribution >= 0.6 is 0 Å². The molecule has 1 aliphatic heterocycles. The van der Waals surface area contributed by atoms with Gasteiger partial charge in [0.15, 0.2) is 0 Å². The van der Waals surface area contributed by atoms with Crippen LogP contribution in [0.15, 0.2) is 24.3 Å². The summed E-state index contributed by atoms with van der Waals surface area (Å²) in [5.74, 6) is -1.54. The molecule has 0 aromatic heterocycles. The Morgan fingerprint density at radius 3 is 2.89 bits per heavy atom. The lowest BCUT2D eigenvalue weighted by Gasteiger charge is -2.00. The topological polar surface area (TPSA) is 72.5 Å². The molecule has 5 heteroatoms. The third-order valence-electron chi connectivity index (χ3n) is 2.59. The third kappa shape index (κ3) is 2.15. The van der Waals surface area contributed by atoms with Crippen molar-refractivity contribution >= 4 is 29.4 Å². The molecular weight excluding hydrogens is 234 g/mol. The van der Waals surface area contributed by atoms with Crippen molar-refractivity contribution in [1.82, 2.24) is 0 Å². The first-order valence-electron chi connectivity index (χ1n) is 5.35. The van der Waals surface area contributed by atoms with Gasteiger partial charge in [-0.2, -0.15) is 0 Å².